The molecule has 4 heteroatoms. The van der Waals surface area contributed by atoms with Gasteiger partial charge >= 0.3 is 0 Å². The van der Waals surface area contributed by atoms with E-state index in [1.54, 1.807) is 0 Å². The van der Waals surface area contributed by atoms with E-state index < -0.39 is 15.8 Å². The number of benzene rings is 6. The first kappa shape index (κ1) is 44.6. The summed E-state index contributed by atoms with van der Waals surface area (Å²) >= 11 is 0. The fraction of sp³-hybridized carbons (Fsp3) is 0.296. The highest BCUT2D eigenvalue weighted by Gasteiger charge is 2.19. The van der Waals surface area contributed by atoms with Crippen LogP contribution in [0.5, 0.6) is 0 Å². The molecule has 0 atom stereocenters. The Morgan fingerprint density at radius 1 is 0.345 bits per heavy atom. The molecule has 0 heterocycles. The lowest BCUT2D eigenvalue weighted by molar-refractivity contribution is 0.834. The van der Waals surface area contributed by atoms with Crippen molar-refractivity contribution in [1.29, 1.82) is 0 Å². The van der Waals surface area contributed by atoms with Crippen LogP contribution >= 0.6 is 15.8 Å². The van der Waals surface area contributed by atoms with E-state index in [-0.39, 0.29) is 0 Å². The summed E-state index contributed by atoms with van der Waals surface area (Å²) in [7, 11) is -0.934. The molecule has 0 aromatic heterocycles. The monoisotopic (exact) mass is 802 g/mol. The second-order valence-electron chi connectivity index (χ2n) is 16.4. The van der Waals surface area contributed by atoms with E-state index >= 15 is 0 Å². The predicted molar refractivity (Wildman–Crippen MR) is 263 cm³/mol. The third kappa shape index (κ3) is 12.3. The Morgan fingerprint density at radius 3 is 0.776 bits per heavy atom. The van der Waals surface area contributed by atoms with Gasteiger partial charge in [-0.2, -0.15) is 0 Å². The average molecular weight is 803 g/mol. The molecule has 0 amide bonds. The first-order chi connectivity index (χ1) is 27.9. The molecule has 0 fully saturated rings. The zero-order chi connectivity index (χ0) is 41.6. The van der Waals surface area contributed by atoms with Crippen LogP contribution in [0.25, 0.3) is 0 Å². The molecule has 6 aromatic rings. The molecule has 0 N–H and O–H groups in total. The Bertz CT molecular complexity index is 1910. The Labute approximate surface area is 353 Å². The summed E-state index contributed by atoms with van der Waals surface area (Å²) in [5, 5.41) is 5.63. The standard InChI is InChI=1S/2C27H32NP/c2*1-20(2)25-17-12-18-26(21(3)4)27(25)28-22(5)19-29(23-13-8-6-9-14-23)24-15-10-7-11-16-24/h2*6-18,20-21H,19H2,1-5H3. The molecular weight excluding hydrogens is 739 g/mol. The van der Waals surface area contributed by atoms with Crippen molar-refractivity contribution in [3.05, 3.63) is 180 Å². The molecule has 6 rings (SSSR count). The zero-order valence-corrected chi connectivity index (χ0v) is 38.3. The molecule has 0 radical (unpaired) electrons. The minimum atomic E-state index is -0.467. The van der Waals surface area contributed by atoms with Gasteiger partial charge in [0.2, 0.25) is 0 Å². The number of para-hydroxylation sites is 2. The largest absolute Gasteiger partial charge is 0.257 e. The van der Waals surface area contributed by atoms with Crippen molar-refractivity contribution in [2.75, 3.05) is 12.3 Å². The number of aliphatic imine (C=N–C) groups is 2. The zero-order valence-electron chi connectivity index (χ0n) is 36.5. The predicted octanol–water partition coefficient (Wildman–Crippen LogP) is 14.3. The van der Waals surface area contributed by atoms with Crippen LogP contribution in [0.1, 0.15) is 115 Å². The Balaban J connectivity index is 0.000000221. The quantitative estimate of drug-likeness (QED) is 0.0774. The van der Waals surface area contributed by atoms with Crippen LogP contribution in [0.15, 0.2) is 168 Å². The van der Waals surface area contributed by atoms with E-state index in [0.717, 1.165) is 12.3 Å². The highest BCUT2D eigenvalue weighted by Crippen LogP contribution is 2.39. The van der Waals surface area contributed by atoms with E-state index in [1.807, 2.05) is 0 Å². The highest BCUT2D eigenvalue weighted by molar-refractivity contribution is 7.74. The molecule has 0 spiro atoms. The second-order valence-corrected chi connectivity index (χ2v) is 20.8. The number of nitrogens with zero attached hydrogens (tertiary/aromatic N) is 2. The minimum absolute atomic E-state index is 0.463. The molecule has 0 aliphatic rings. The van der Waals surface area contributed by atoms with Gasteiger partial charge in [-0.3, -0.25) is 9.98 Å². The molecule has 0 bridgehead atoms. The summed E-state index contributed by atoms with van der Waals surface area (Å²) in [6, 6.07) is 56.9. The number of rotatable bonds is 14. The normalized spacial score (nSPS) is 12.2. The highest BCUT2D eigenvalue weighted by atomic mass is 31.1. The number of hydrogen-bond donors (Lipinski definition) is 0. The van der Waals surface area contributed by atoms with Crippen molar-refractivity contribution in [1.82, 2.24) is 0 Å². The summed E-state index contributed by atoms with van der Waals surface area (Å²) in [6.45, 7) is 22.5. The van der Waals surface area contributed by atoms with E-state index in [0.29, 0.717) is 23.7 Å². The first-order valence-electron chi connectivity index (χ1n) is 21.0. The molecule has 0 saturated heterocycles. The van der Waals surface area contributed by atoms with Crippen LogP contribution in [0.2, 0.25) is 0 Å². The van der Waals surface area contributed by atoms with Crippen LogP contribution < -0.4 is 21.2 Å². The molecule has 58 heavy (non-hydrogen) atoms. The molecule has 0 aliphatic heterocycles. The van der Waals surface area contributed by atoms with E-state index in [4.69, 9.17) is 9.98 Å². The van der Waals surface area contributed by atoms with Crippen molar-refractivity contribution in [3.8, 4) is 0 Å². The molecule has 6 aromatic carbocycles. The summed E-state index contributed by atoms with van der Waals surface area (Å²) in [4.78, 5) is 10.5. The topological polar surface area (TPSA) is 24.7 Å². The molecule has 0 unspecified atom stereocenters. The van der Waals surface area contributed by atoms with Gasteiger partial charge < -0.3 is 0 Å². The minimum Gasteiger partial charge on any atom is -0.257 e. The summed E-state index contributed by atoms with van der Waals surface area (Å²) in [5.74, 6) is 1.85. The smallest absolute Gasteiger partial charge is 0.0698 e. The van der Waals surface area contributed by atoms with Crippen LogP contribution in [0.4, 0.5) is 11.4 Å². The lowest BCUT2D eigenvalue weighted by atomic mass is 9.93. The SMILES string of the molecule is CC(CP(c1ccccc1)c1ccccc1)=Nc1c(C(C)C)cccc1C(C)C.CC(CP(c1ccccc1)c1ccccc1)=Nc1c(C(C)C)cccc1C(C)C. The third-order valence-electron chi connectivity index (χ3n) is 10.3. The van der Waals surface area contributed by atoms with Gasteiger partial charge in [-0.15, -0.1) is 0 Å². The van der Waals surface area contributed by atoms with Crippen LogP contribution in [-0.2, 0) is 0 Å². The Morgan fingerprint density at radius 2 is 0.569 bits per heavy atom. The van der Waals surface area contributed by atoms with Crippen LogP contribution in [0.3, 0.4) is 0 Å². The van der Waals surface area contributed by atoms with E-state index in [9.17, 15) is 0 Å². The van der Waals surface area contributed by atoms with Gasteiger partial charge in [0.15, 0.2) is 0 Å². The molecular formula is C54H64N2P2. The van der Waals surface area contributed by atoms with Gasteiger partial charge in [0.05, 0.1) is 11.4 Å². The van der Waals surface area contributed by atoms with Gasteiger partial charge in [0.1, 0.15) is 0 Å². The summed E-state index contributed by atoms with van der Waals surface area (Å²) in [5.41, 5.74) is 10.2. The Kier molecular flexibility index (Phi) is 17.0. The molecule has 0 aliphatic carbocycles. The van der Waals surface area contributed by atoms with Crippen molar-refractivity contribution >= 4 is 59.9 Å². The third-order valence-corrected chi connectivity index (χ3v) is 15.6. The van der Waals surface area contributed by atoms with Crippen molar-refractivity contribution in [2.24, 2.45) is 9.98 Å². The summed E-state index contributed by atoms with van der Waals surface area (Å²) < 4.78 is 0. The lowest BCUT2D eigenvalue weighted by Gasteiger charge is -2.20. The van der Waals surface area contributed by atoms with Gasteiger partial charge in [0.25, 0.3) is 0 Å². The number of hydrogen-bond acceptors (Lipinski definition) is 2. The van der Waals surface area contributed by atoms with Gasteiger partial charge in [-0.05, 0) is 96.8 Å². The molecule has 0 saturated carbocycles. The van der Waals surface area contributed by atoms with Crippen molar-refractivity contribution in [2.45, 2.75) is 92.9 Å². The second kappa shape index (κ2) is 22.0. The van der Waals surface area contributed by atoms with Crippen LogP contribution in [0, 0.1) is 0 Å². The molecule has 300 valence electrons. The average Bonchev–Trinajstić information content (AvgIpc) is 3.23. The van der Waals surface area contributed by atoms with Gasteiger partial charge in [0, 0.05) is 23.7 Å². The fourth-order valence-electron chi connectivity index (χ4n) is 7.29. The Hall–Kier alpha value is -4.48. The van der Waals surface area contributed by atoms with Crippen molar-refractivity contribution < 1.29 is 0 Å². The maximum Gasteiger partial charge on any atom is 0.0698 e. The van der Waals surface area contributed by atoms with E-state index in [2.05, 4.69) is 227 Å². The van der Waals surface area contributed by atoms with E-state index in [1.165, 1.54) is 66.3 Å². The fourth-order valence-corrected chi connectivity index (χ4v) is 11.8. The van der Waals surface area contributed by atoms with Gasteiger partial charge in [-0.25, -0.2) is 0 Å². The van der Waals surface area contributed by atoms with Gasteiger partial charge in [-0.1, -0.05) is 213 Å². The maximum absolute atomic E-state index is 5.23. The van der Waals surface area contributed by atoms with Crippen LogP contribution in [-0.4, -0.2) is 23.7 Å². The van der Waals surface area contributed by atoms with Crippen molar-refractivity contribution in [3.63, 3.8) is 0 Å². The lowest BCUT2D eigenvalue weighted by Crippen LogP contribution is -2.17. The molecule has 2 nitrogen and oxygen atoms in total. The first-order valence-corrected chi connectivity index (χ1v) is 24.1. The maximum atomic E-state index is 5.23. The summed E-state index contributed by atoms with van der Waals surface area (Å²) in [6.07, 6.45) is 1.96.